The summed E-state index contributed by atoms with van der Waals surface area (Å²) in [6.07, 6.45) is 9.27. The number of sulfonamides is 2. The molecular formula is C34H29ClCs2FN8O9S2+. The Morgan fingerprint density at radius 2 is 1.28 bits per heavy atom. The maximum absolute atomic E-state index is 12.7. The van der Waals surface area contributed by atoms with Gasteiger partial charge in [-0.25, -0.2) is 40.7 Å². The van der Waals surface area contributed by atoms with Crippen molar-refractivity contribution in [2.75, 3.05) is 8.61 Å². The van der Waals surface area contributed by atoms with Crippen LogP contribution in [-0.4, -0.2) is 58.5 Å². The predicted octanol–water partition coefficient (Wildman–Crippen LogP) is -1.03. The first-order valence-corrected chi connectivity index (χ1v) is 18.5. The van der Waals surface area contributed by atoms with E-state index in [4.69, 9.17) is 22.6 Å². The third kappa shape index (κ3) is 14.2. The van der Waals surface area contributed by atoms with Crippen LogP contribution in [0.4, 0.5) is 16.0 Å². The zero-order valence-electron chi connectivity index (χ0n) is 31.1. The number of aromatic amines is 1. The van der Waals surface area contributed by atoms with E-state index in [1.54, 1.807) is 86.6 Å². The molecule has 2 aliphatic heterocycles. The third-order valence-corrected chi connectivity index (χ3v) is 10.9. The number of carbonyl (C=O) groups is 1. The summed E-state index contributed by atoms with van der Waals surface area (Å²) in [6.45, 7) is 0.531. The van der Waals surface area contributed by atoms with Gasteiger partial charge in [-0.1, -0.05) is 36.4 Å². The van der Waals surface area contributed by atoms with Gasteiger partial charge in [0.1, 0.15) is 17.4 Å². The van der Waals surface area contributed by atoms with E-state index >= 15 is 0 Å². The molecule has 17 nitrogen and oxygen atoms in total. The van der Waals surface area contributed by atoms with E-state index in [1.165, 1.54) is 39.2 Å². The summed E-state index contributed by atoms with van der Waals surface area (Å²) in [7, 11) is -5.39. The third-order valence-electron chi connectivity index (χ3n) is 7.04. The van der Waals surface area contributed by atoms with Crippen molar-refractivity contribution in [1.29, 1.82) is 1.43 Å². The van der Waals surface area contributed by atoms with Crippen LogP contribution in [0.5, 0.6) is 11.8 Å². The van der Waals surface area contributed by atoms with Crippen LogP contribution < -0.4 is 157 Å². The van der Waals surface area contributed by atoms with Gasteiger partial charge in [0.25, 0.3) is 21.5 Å². The number of nitrogens with zero attached hydrogens (tertiary/aromatic N) is 7. The van der Waals surface area contributed by atoms with Crippen molar-refractivity contribution in [2.24, 2.45) is 0 Å². The molecule has 8 rings (SSSR count). The molecule has 0 fully saturated rings. The summed E-state index contributed by atoms with van der Waals surface area (Å²) in [6, 6.07) is 23.2. The van der Waals surface area contributed by atoms with Crippen LogP contribution in [-0.2, 0) is 42.8 Å². The first-order chi connectivity index (χ1) is 27.0. The van der Waals surface area contributed by atoms with Gasteiger partial charge in [0.15, 0.2) is 5.43 Å². The van der Waals surface area contributed by atoms with E-state index in [0.717, 1.165) is 11.1 Å². The van der Waals surface area contributed by atoms with Crippen molar-refractivity contribution >= 4 is 49.8 Å². The molecule has 6 aromatic rings. The zero-order chi connectivity index (χ0) is 40.6. The maximum Gasteiger partial charge on any atom is 1.00 e. The van der Waals surface area contributed by atoms with Crippen molar-refractivity contribution in [1.82, 2.24) is 29.9 Å². The van der Waals surface area contributed by atoms with Gasteiger partial charge in [-0.05, 0) is 47.0 Å². The number of hydrogen-bond acceptors (Lipinski definition) is 14. The number of pyridine rings is 2. The van der Waals surface area contributed by atoms with Gasteiger partial charge in [-0.2, -0.15) is 17.1 Å². The van der Waals surface area contributed by atoms with Crippen LogP contribution in [0.15, 0.2) is 137 Å². The molecule has 0 amide bonds. The summed E-state index contributed by atoms with van der Waals surface area (Å²) in [5.41, 5.74) is 1.54. The molecule has 0 saturated heterocycles. The normalized spacial score (nSPS) is 13.4. The minimum Gasteiger partial charge on any atom is -0.463 e. The van der Waals surface area contributed by atoms with E-state index in [9.17, 15) is 26.0 Å². The van der Waals surface area contributed by atoms with Gasteiger partial charge in [0.05, 0.1) is 22.9 Å². The second-order valence-corrected chi connectivity index (χ2v) is 14.3. The van der Waals surface area contributed by atoms with E-state index in [2.05, 4.69) is 40.1 Å². The van der Waals surface area contributed by atoms with Crippen molar-refractivity contribution < 1.29 is 179 Å². The quantitative estimate of drug-likeness (QED) is 0.0670. The number of aromatic nitrogens is 6. The number of rotatable bonds is 6. The fraction of sp³-hybridized carbons (Fsp3) is 0.0588. The molecule has 0 aliphatic carbocycles. The van der Waals surface area contributed by atoms with Gasteiger partial charge in [0.2, 0.25) is 5.28 Å². The Morgan fingerprint density at radius 3 is 1.72 bits per heavy atom. The van der Waals surface area contributed by atoms with Crippen LogP contribution >= 0.6 is 11.6 Å². The van der Waals surface area contributed by atoms with Crippen molar-refractivity contribution in [3.8, 4) is 11.8 Å². The number of carbonyl (C=O) groups excluding carboxylic acids is 1. The first-order valence-electron chi connectivity index (χ1n) is 15.7. The molecule has 2 aliphatic rings. The molecule has 0 radical (unpaired) electrons. The fourth-order valence-corrected chi connectivity index (χ4v) is 8.13. The molecule has 6 heterocycles. The van der Waals surface area contributed by atoms with Gasteiger partial charge >= 0.3 is 150 Å². The van der Waals surface area contributed by atoms with Crippen LogP contribution in [0.3, 0.4) is 0 Å². The Bertz CT molecular complexity index is 2490. The standard InChI is InChI=1S/C16H12N4O3S.C11H8ClN3O2S.C5H5NO.CH2F.CH2O3.2Cs/c21-24(22)14-4-2-1-3-12(14)11-20(24)15-7-10-18-16(19-15)23-13-5-8-17-9-6-13;12-11-13-6-5-10(14-11)15-7-8-3-1-2-4-9(8)18(15,16)17;7-5-1-3-6-4-2-5;1-2;2-1-4-3;;/h1-10H,11H2;1-6H,7H2;1-4H,(H,6,7);1H2;1,3H;;/q;;;-1;;2*+1/i/hD. The van der Waals surface area contributed by atoms with Crippen molar-refractivity contribution in [3.05, 3.63) is 156 Å². The van der Waals surface area contributed by atoms with Crippen molar-refractivity contribution in [2.45, 2.75) is 22.9 Å². The van der Waals surface area contributed by atoms with Crippen LogP contribution in [0.2, 0.25) is 5.28 Å². The van der Waals surface area contributed by atoms with Crippen LogP contribution in [0.1, 0.15) is 11.1 Å². The first kappa shape index (κ1) is 49.1. The molecule has 2 N–H and O–H groups in total. The number of benzene rings is 2. The number of nitrogens with one attached hydrogen (secondary N) is 1. The molecule has 57 heavy (non-hydrogen) atoms. The topological polar surface area (TPSA) is 228 Å². The molecule has 0 atom stereocenters. The van der Waals surface area contributed by atoms with Crippen LogP contribution in [0, 0.1) is 7.18 Å². The largest absolute Gasteiger partial charge is 1.00 e. The summed E-state index contributed by atoms with van der Waals surface area (Å²) >= 11 is 5.68. The van der Waals surface area contributed by atoms with Crippen molar-refractivity contribution in [3.63, 3.8) is 0 Å². The number of anilines is 2. The monoisotopic (exact) mass is 1080 g/mol. The molecule has 286 valence electrons. The Morgan fingerprint density at radius 1 is 0.772 bits per heavy atom. The van der Waals surface area contributed by atoms with Gasteiger partial charge in [-0.15, -0.1) is 0 Å². The summed E-state index contributed by atoms with van der Waals surface area (Å²) in [4.78, 5) is 45.7. The fourth-order valence-electron chi connectivity index (χ4n) is 4.77. The van der Waals surface area contributed by atoms with Gasteiger partial charge in [-0.3, -0.25) is 14.6 Å². The Hall–Kier alpha value is -2.25. The molecule has 4 aromatic heterocycles. The number of ether oxygens (including phenoxy) is 1. The van der Waals surface area contributed by atoms with E-state index in [0.29, 0.717) is 15.5 Å². The minimum atomic E-state index is -3.61. The molecule has 0 unspecified atom stereocenters. The summed E-state index contributed by atoms with van der Waals surface area (Å²) in [5.74, 6) is 1.08. The molecule has 2 aromatic carbocycles. The zero-order valence-corrected chi connectivity index (χ0v) is 45.1. The second-order valence-electron chi connectivity index (χ2n) is 10.3. The number of hydrogen-bond donors (Lipinski definition) is 2. The molecule has 23 heteroatoms. The number of H-pyrrole nitrogens is 1. The average Bonchev–Trinajstić information content (AvgIpc) is 3.65. The summed E-state index contributed by atoms with van der Waals surface area (Å²) < 4.78 is 72.9. The van der Waals surface area contributed by atoms with Gasteiger partial charge in [0, 0.05) is 61.4 Å². The van der Waals surface area contributed by atoms with E-state index < -0.39 is 20.0 Å². The minimum absolute atomic E-state index is 0. The smallest absolute Gasteiger partial charge is 0.463 e. The van der Waals surface area contributed by atoms with Gasteiger partial charge < -0.3 is 19.0 Å². The summed E-state index contributed by atoms with van der Waals surface area (Å²) in [5, 5.41) is 3.10. The molecule has 0 saturated carbocycles. The van der Waals surface area contributed by atoms with E-state index in [1.807, 2.05) is 12.1 Å². The Labute approximate surface area is 450 Å². The predicted molar refractivity (Wildman–Crippen MR) is 196 cm³/mol. The number of fused-ring (bicyclic) bond motifs is 2. The molecule has 0 spiro atoms. The van der Waals surface area contributed by atoms with Crippen LogP contribution in [0.25, 0.3) is 1.43 Å². The second kappa shape index (κ2) is 25.4. The molecular weight excluding hydrogens is 1050 g/mol. The van der Waals surface area contributed by atoms with E-state index in [-0.39, 0.29) is 186 Å². The SMILES string of the molecule is O=S1(=O)c2ccccc2CN1c1ccnc(Cl)n1.O=S1(=O)c2ccccc2CN1c1ccnc(Oc2ccncc2)n1.O=c1cc[nH]cc1.[2H]OOC=O.[CH2-]F.[Cs+].[Cs+]. The molecule has 0 bridgehead atoms. The Balaban J connectivity index is 0.000000300. The maximum atomic E-state index is 12.7. The number of halogens is 2. The average molecular weight is 1080 g/mol. The Kier molecular flexibility index (Phi) is 21.9.